The number of nitrogens with zero attached hydrogens (tertiary/aromatic N) is 4. The maximum Gasteiger partial charge on any atom is 0.332 e. The summed E-state index contributed by atoms with van der Waals surface area (Å²) in [4.78, 5) is 68.8. The average Bonchev–Trinajstić information content (AvgIpc) is 3.33. The zero-order valence-electron chi connectivity index (χ0n) is 19.1. The minimum absolute atomic E-state index is 0.0490. The van der Waals surface area contributed by atoms with E-state index in [9.17, 15) is 24.0 Å². The molecule has 0 radical (unpaired) electrons. The number of methoxy groups -OCH3 is 2. The van der Waals surface area contributed by atoms with E-state index in [2.05, 4.69) is 15.9 Å². The topological polar surface area (TPSA) is 120 Å². The molecular formula is C22H23BrN4O7. The quantitative estimate of drug-likeness (QED) is 0.402. The van der Waals surface area contributed by atoms with E-state index in [0.717, 1.165) is 9.04 Å². The van der Waals surface area contributed by atoms with E-state index in [1.807, 2.05) is 0 Å². The van der Waals surface area contributed by atoms with Gasteiger partial charge in [0.05, 0.1) is 14.2 Å². The fourth-order valence-corrected chi connectivity index (χ4v) is 5.32. The smallest absolute Gasteiger partial charge is 0.332 e. The predicted molar refractivity (Wildman–Crippen MR) is 125 cm³/mol. The Morgan fingerprint density at radius 3 is 2.00 bits per heavy atom. The number of benzene rings is 1. The third kappa shape index (κ3) is 3.19. The first kappa shape index (κ1) is 23.7. The van der Waals surface area contributed by atoms with Crippen LogP contribution in [0.4, 0.5) is 11.5 Å². The van der Waals surface area contributed by atoms with Gasteiger partial charge in [0.25, 0.3) is 5.56 Å². The number of rotatable bonds is 4. The molecule has 2 aliphatic heterocycles. The van der Waals surface area contributed by atoms with Crippen LogP contribution in [0.25, 0.3) is 0 Å². The minimum Gasteiger partial charge on any atom is -0.469 e. The van der Waals surface area contributed by atoms with Crippen LogP contribution in [-0.2, 0) is 33.2 Å². The Labute approximate surface area is 202 Å². The van der Waals surface area contributed by atoms with Gasteiger partial charge in [0.2, 0.25) is 0 Å². The summed E-state index contributed by atoms with van der Waals surface area (Å²) in [5, 5.41) is 0. The van der Waals surface area contributed by atoms with Crippen LogP contribution in [-0.4, -0.2) is 60.3 Å². The van der Waals surface area contributed by atoms with Crippen molar-refractivity contribution < 1.29 is 23.9 Å². The first-order chi connectivity index (χ1) is 16.1. The van der Waals surface area contributed by atoms with Gasteiger partial charge in [0.15, 0.2) is 5.78 Å². The number of halogens is 1. The highest BCUT2D eigenvalue weighted by Gasteiger charge is 2.64. The van der Waals surface area contributed by atoms with Crippen molar-refractivity contribution in [2.24, 2.45) is 25.9 Å². The van der Waals surface area contributed by atoms with Crippen LogP contribution in [0.5, 0.6) is 0 Å². The summed E-state index contributed by atoms with van der Waals surface area (Å²) in [7, 11) is 6.77. The van der Waals surface area contributed by atoms with E-state index < -0.39 is 53.0 Å². The van der Waals surface area contributed by atoms with Crippen molar-refractivity contribution in [2.45, 2.75) is 12.2 Å². The van der Waals surface area contributed by atoms with Gasteiger partial charge in [-0.3, -0.25) is 28.3 Å². The predicted octanol–water partition coefficient (Wildman–Crippen LogP) is 0.272. The minimum atomic E-state index is -1.25. The third-order valence-electron chi connectivity index (χ3n) is 6.58. The largest absolute Gasteiger partial charge is 0.469 e. The molecule has 4 rings (SSSR count). The summed E-state index contributed by atoms with van der Waals surface area (Å²) in [6, 6.07) is 5.27. The van der Waals surface area contributed by atoms with E-state index in [1.54, 1.807) is 36.2 Å². The number of Topliss-reactive ketones (excluding diaryl/α,β-unsaturated/α-hetero) is 1. The normalized spacial score (nSPS) is 22.9. The number of carbonyl (C=O) groups excluding carboxylic acids is 3. The molecule has 1 aromatic carbocycles. The highest BCUT2D eigenvalue weighted by Crippen LogP contribution is 2.49. The number of hydrogen-bond acceptors (Lipinski definition) is 9. The van der Waals surface area contributed by atoms with Crippen LogP contribution in [0.3, 0.4) is 0 Å². The Morgan fingerprint density at radius 1 is 0.882 bits per heavy atom. The molecule has 34 heavy (non-hydrogen) atoms. The molecule has 11 nitrogen and oxygen atoms in total. The molecule has 0 N–H and O–H groups in total. The molecule has 0 aliphatic carbocycles. The van der Waals surface area contributed by atoms with E-state index in [0.29, 0.717) is 0 Å². The molecule has 0 amide bonds. The van der Waals surface area contributed by atoms with Crippen molar-refractivity contribution in [1.29, 1.82) is 0 Å². The zero-order valence-corrected chi connectivity index (χ0v) is 20.7. The van der Waals surface area contributed by atoms with Gasteiger partial charge in [0, 0.05) is 31.2 Å². The SMILES string of the molecule is COC(=O)[C@@H]1[C@@H](C(=O)OC)[C@H]2N(C)c3c(c(=O)n(C)c(=O)n3C)N2[C@@H]1C(=O)c1ccc(Br)cc1. The van der Waals surface area contributed by atoms with Crippen LogP contribution in [0.15, 0.2) is 38.3 Å². The maximum absolute atomic E-state index is 13.8. The van der Waals surface area contributed by atoms with Crippen LogP contribution < -0.4 is 21.0 Å². The summed E-state index contributed by atoms with van der Waals surface area (Å²) >= 11 is 3.33. The lowest BCUT2D eigenvalue weighted by molar-refractivity contribution is -0.156. The second-order valence-electron chi connectivity index (χ2n) is 8.22. The second kappa shape index (κ2) is 8.42. The van der Waals surface area contributed by atoms with Gasteiger partial charge in [-0.25, -0.2) is 4.79 Å². The van der Waals surface area contributed by atoms with Crippen LogP contribution in [0.2, 0.25) is 0 Å². The molecule has 180 valence electrons. The molecule has 1 saturated heterocycles. The molecule has 0 unspecified atom stereocenters. The number of carbonyl (C=O) groups is 3. The molecule has 2 aliphatic rings. The first-order valence-corrected chi connectivity index (χ1v) is 11.1. The Kier molecular flexibility index (Phi) is 5.88. The Hall–Kier alpha value is -3.41. The molecule has 1 fully saturated rings. The van der Waals surface area contributed by atoms with Crippen LogP contribution in [0, 0.1) is 11.8 Å². The Balaban J connectivity index is 2.03. The van der Waals surface area contributed by atoms with Crippen molar-refractivity contribution >= 4 is 45.2 Å². The lowest BCUT2D eigenvalue weighted by atomic mass is 9.85. The molecule has 0 saturated carbocycles. The van der Waals surface area contributed by atoms with Gasteiger partial charge >= 0.3 is 17.6 Å². The number of fused-ring (bicyclic) bond motifs is 3. The van der Waals surface area contributed by atoms with E-state index >= 15 is 0 Å². The van der Waals surface area contributed by atoms with Crippen LogP contribution >= 0.6 is 15.9 Å². The molecule has 3 heterocycles. The lowest BCUT2D eigenvalue weighted by Crippen LogP contribution is -2.48. The number of ether oxygens (including phenoxy) is 2. The second-order valence-corrected chi connectivity index (χ2v) is 9.14. The molecule has 0 spiro atoms. The van der Waals surface area contributed by atoms with Gasteiger partial charge in [0.1, 0.15) is 35.5 Å². The van der Waals surface area contributed by atoms with Gasteiger partial charge in [-0.15, -0.1) is 0 Å². The van der Waals surface area contributed by atoms with Gasteiger partial charge in [-0.2, -0.15) is 0 Å². The van der Waals surface area contributed by atoms with Gasteiger partial charge in [-0.1, -0.05) is 28.1 Å². The fraction of sp³-hybridized carbons (Fsp3) is 0.409. The van der Waals surface area contributed by atoms with Crippen LogP contribution in [0.1, 0.15) is 10.4 Å². The highest BCUT2D eigenvalue weighted by atomic mass is 79.9. The highest BCUT2D eigenvalue weighted by molar-refractivity contribution is 9.10. The molecule has 2 aromatic rings. The summed E-state index contributed by atoms with van der Waals surface area (Å²) < 4.78 is 12.9. The average molecular weight is 535 g/mol. The summed E-state index contributed by atoms with van der Waals surface area (Å²) in [5.74, 6) is -4.18. The zero-order chi connectivity index (χ0) is 25.1. The number of aromatic nitrogens is 2. The number of anilines is 2. The summed E-state index contributed by atoms with van der Waals surface area (Å²) in [5.41, 5.74) is -0.876. The van der Waals surface area contributed by atoms with Gasteiger partial charge < -0.3 is 19.3 Å². The summed E-state index contributed by atoms with van der Waals surface area (Å²) in [6.45, 7) is 0. The van der Waals surface area contributed by atoms with E-state index in [1.165, 1.54) is 37.8 Å². The monoisotopic (exact) mass is 534 g/mol. The van der Waals surface area contributed by atoms with Crippen molar-refractivity contribution in [3.05, 3.63) is 55.1 Å². The van der Waals surface area contributed by atoms with Crippen molar-refractivity contribution in [1.82, 2.24) is 9.13 Å². The number of hydrogen-bond donors (Lipinski definition) is 0. The third-order valence-corrected chi connectivity index (χ3v) is 7.11. The fourth-order valence-electron chi connectivity index (χ4n) is 5.05. The maximum atomic E-state index is 13.8. The van der Waals surface area contributed by atoms with Crippen molar-refractivity contribution in [3.8, 4) is 0 Å². The van der Waals surface area contributed by atoms with E-state index in [4.69, 9.17) is 9.47 Å². The molecular weight excluding hydrogens is 512 g/mol. The number of esters is 2. The lowest BCUT2D eigenvalue weighted by Gasteiger charge is -2.28. The summed E-state index contributed by atoms with van der Waals surface area (Å²) in [6.07, 6.45) is -0.934. The first-order valence-electron chi connectivity index (χ1n) is 10.3. The van der Waals surface area contributed by atoms with Gasteiger partial charge in [-0.05, 0) is 12.1 Å². The van der Waals surface area contributed by atoms with E-state index in [-0.39, 0.29) is 17.1 Å². The molecule has 4 atom stereocenters. The Morgan fingerprint density at radius 2 is 1.44 bits per heavy atom. The Bertz CT molecular complexity index is 1320. The number of ketones is 1. The standard InChI is InChI=1S/C22H23BrN4O7/c1-24-17-13(21(31)34-5)12(20(30)33-4)14(16(28)10-6-8-11(23)9-7-10)27(17)15-18(24)25(2)22(32)26(3)19(15)29/h6-9,12-14,17H,1-5H3/t12-,13-,14+,17+/m1/s1. The van der Waals surface area contributed by atoms with Crippen molar-refractivity contribution in [2.75, 3.05) is 31.1 Å². The molecule has 1 aromatic heterocycles. The molecule has 0 bridgehead atoms. The van der Waals surface area contributed by atoms with Crippen molar-refractivity contribution in [3.63, 3.8) is 0 Å². The molecule has 12 heteroatoms.